The molecule has 0 saturated carbocycles. The second-order valence-electron chi connectivity index (χ2n) is 5.46. The second-order valence-corrected chi connectivity index (χ2v) is 6.30. The molecule has 0 radical (unpaired) electrons. The van der Waals surface area contributed by atoms with Gasteiger partial charge in [-0.05, 0) is 43.2 Å². The van der Waals surface area contributed by atoms with Crippen molar-refractivity contribution in [3.63, 3.8) is 0 Å². The van der Waals surface area contributed by atoms with Gasteiger partial charge in [0.05, 0.1) is 18.0 Å². The first-order valence-corrected chi connectivity index (χ1v) is 9.21. The highest BCUT2D eigenvalue weighted by molar-refractivity contribution is 7.07. The molecule has 0 aliphatic rings. The molecule has 0 fully saturated rings. The second kappa shape index (κ2) is 7.97. The van der Waals surface area contributed by atoms with Crippen LogP contribution in [0.2, 0.25) is 0 Å². The lowest BCUT2D eigenvalue weighted by atomic mass is 10.2. The van der Waals surface area contributed by atoms with E-state index in [9.17, 15) is 0 Å². The maximum absolute atomic E-state index is 5.49. The molecular formula is C20H22N2OS. The van der Waals surface area contributed by atoms with Gasteiger partial charge in [0.15, 0.2) is 4.80 Å². The molecule has 3 aromatic rings. The van der Waals surface area contributed by atoms with E-state index in [1.807, 2.05) is 37.3 Å². The van der Waals surface area contributed by atoms with Gasteiger partial charge in [-0.15, -0.1) is 11.3 Å². The quantitative estimate of drug-likeness (QED) is 0.602. The van der Waals surface area contributed by atoms with Crippen LogP contribution >= 0.6 is 11.3 Å². The van der Waals surface area contributed by atoms with Crippen LogP contribution in [0.25, 0.3) is 11.3 Å². The number of hydrogen-bond donors (Lipinski definition) is 0. The summed E-state index contributed by atoms with van der Waals surface area (Å²) in [6, 6.07) is 18.4. The zero-order chi connectivity index (χ0) is 16.8. The van der Waals surface area contributed by atoms with Gasteiger partial charge in [-0.25, -0.2) is 4.99 Å². The topological polar surface area (TPSA) is 26.5 Å². The molecule has 0 amide bonds. The first-order valence-electron chi connectivity index (χ1n) is 8.33. The molecule has 3 nitrogen and oxygen atoms in total. The molecule has 3 rings (SSSR count). The van der Waals surface area contributed by atoms with Crippen LogP contribution in [0.4, 0.5) is 5.69 Å². The van der Waals surface area contributed by atoms with E-state index in [4.69, 9.17) is 9.73 Å². The number of benzene rings is 2. The lowest BCUT2D eigenvalue weighted by Crippen LogP contribution is -2.15. The van der Waals surface area contributed by atoms with Crippen LogP contribution < -0.4 is 9.54 Å². The third kappa shape index (κ3) is 3.77. The van der Waals surface area contributed by atoms with Crippen molar-refractivity contribution >= 4 is 17.0 Å². The summed E-state index contributed by atoms with van der Waals surface area (Å²) in [6.07, 6.45) is 1.08. The van der Waals surface area contributed by atoms with Crippen molar-refractivity contribution in [3.05, 3.63) is 64.8 Å². The minimum absolute atomic E-state index is 0.679. The summed E-state index contributed by atoms with van der Waals surface area (Å²) in [7, 11) is 0. The molecule has 0 atom stereocenters. The summed E-state index contributed by atoms with van der Waals surface area (Å²) in [4.78, 5) is 5.86. The maximum Gasteiger partial charge on any atom is 0.190 e. The smallest absolute Gasteiger partial charge is 0.190 e. The zero-order valence-electron chi connectivity index (χ0n) is 14.1. The molecule has 1 heterocycles. The van der Waals surface area contributed by atoms with Gasteiger partial charge in [-0.1, -0.05) is 37.3 Å². The summed E-state index contributed by atoms with van der Waals surface area (Å²) < 4.78 is 7.79. The van der Waals surface area contributed by atoms with Gasteiger partial charge in [-0.3, -0.25) is 0 Å². The van der Waals surface area contributed by atoms with Crippen LogP contribution in [0.1, 0.15) is 20.3 Å². The molecule has 0 aliphatic carbocycles. The Morgan fingerprint density at radius 1 is 1.00 bits per heavy atom. The SMILES string of the molecule is CCCn1c(-c2ccccc2)csc1=Nc1ccc(OCC)cc1. The molecule has 1 aromatic heterocycles. The van der Waals surface area contributed by atoms with Crippen LogP contribution in [-0.4, -0.2) is 11.2 Å². The third-order valence-corrected chi connectivity index (χ3v) is 4.55. The Morgan fingerprint density at radius 3 is 2.42 bits per heavy atom. The molecule has 0 saturated heterocycles. The third-order valence-electron chi connectivity index (χ3n) is 3.69. The molecule has 24 heavy (non-hydrogen) atoms. The Kier molecular flexibility index (Phi) is 5.49. The van der Waals surface area contributed by atoms with Crippen molar-refractivity contribution in [2.45, 2.75) is 26.8 Å². The van der Waals surface area contributed by atoms with Crippen molar-refractivity contribution in [1.82, 2.24) is 4.57 Å². The van der Waals surface area contributed by atoms with Gasteiger partial charge in [0, 0.05) is 11.9 Å². The number of thiazole rings is 1. The monoisotopic (exact) mass is 338 g/mol. The van der Waals surface area contributed by atoms with Crippen LogP contribution in [0, 0.1) is 0 Å². The summed E-state index contributed by atoms with van der Waals surface area (Å²) in [5, 5.41) is 2.19. The number of rotatable bonds is 6. The Balaban J connectivity index is 1.99. The van der Waals surface area contributed by atoms with Gasteiger partial charge < -0.3 is 9.30 Å². The fourth-order valence-electron chi connectivity index (χ4n) is 2.59. The zero-order valence-corrected chi connectivity index (χ0v) is 14.9. The van der Waals surface area contributed by atoms with E-state index in [0.29, 0.717) is 6.61 Å². The highest BCUT2D eigenvalue weighted by Gasteiger charge is 2.07. The first kappa shape index (κ1) is 16.5. The van der Waals surface area contributed by atoms with Crippen LogP contribution in [0.5, 0.6) is 5.75 Å². The van der Waals surface area contributed by atoms with Crippen molar-refractivity contribution in [1.29, 1.82) is 0 Å². The molecule has 0 bridgehead atoms. The van der Waals surface area contributed by atoms with Crippen LogP contribution in [0.3, 0.4) is 0 Å². The molecule has 2 aromatic carbocycles. The fraction of sp³-hybridized carbons (Fsp3) is 0.250. The molecule has 124 valence electrons. The number of aromatic nitrogens is 1. The average Bonchev–Trinajstić information content (AvgIpc) is 3.01. The molecule has 0 N–H and O–H groups in total. The van der Waals surface area contributed by atoms with Crippen molar-refractivity contribution < 1.29 is 4.74 Å². The Morgan fingerprint density at radius 2 is 1.75 bits per heavy atom. The van der Waals surface area contributed by atoms with E-state index in [0.717, 1.165) is 29.2 Å². The largest absolute Gasteiger partial charge is 0.494 e. The van der Waals surface area contributed by atoms with E-state index in [1.165, 1.54) is 11.3 Å². The Labute approximate surface area is 146 Å². The Hall–Kier alpha value is -2.33. The van der Waals surface area contributed by atoms with Crippen LogP contribution in [-0.2, 0) is 6.54 Å². The number of ether oxygens (including phenoxy) is 1. The lowest BCUT2D eigenvalue weighted by molar-refractivity contribution is 0.340. The average molecular weight is 338 g/mol. The van der Waals surface area contributed by atoms with Gasteiger partial charge in [0.25, 0.3) is 0 Å². The first-order chi connectivity index (χ1) is 11.8. The number of nitrogens with zero attached hydrogens (tertiary/aromatic N) is 2. The van der Waals surface area contributed by atoms with E-state index in [2.05, 4.69) is 41.1 Å². The highest BCUT2D eigenvalue weighted by Crippen LogP contribution is 2.22. The minimum atomic E-state index is 0.679. The molecule has 0 spiro atoms. The van der Waals surface area contributed by atoms with E-state index >= 15 is 0 Å². The van der Waals surface area contributed by atoms with E-state index in [-0.39, 0.29) is 0 Å². The van der Waals surface area contributed by atoms with Crippen molar-refractivity contribution in [2.24, 2.45) is 4.99 Å². The summed E-state index contributed by atoms with van der Waals surface area (Å²) in [5.41, 5.74) is 3.41. The predicted molar refractivity (Wildman–Crippen MR) is 101 cm³/mol. The minimum Gasteiger partial charge on any atom is -0.494 e. The Bertz CT molecular complexity index is 832. The summed E-state index contributed by atoms with van der Waals surface area (Å²) in [6.45, 7) is 5.82. The number of hydrogen-bond acceptors (Lipinski definition) is 3. The van der Waals surface area contributed by atoms with Gasteiger partial charge in [-0.2, -0.15) is 0 Å². The predicted octanol–water partition coefficient (Wildman–Crippen LogP) is 5.26. The molecule has 0 unspecified atom stereocenters. The fourth-order valence-corrected chi connectivity index (χ4v) is 3.55. The van der Waals surface area contributed by atoms with Crippen molar-refractivity contribution in [3.8, 4) is 17.0 Å². The van der Waals surface area contributed by atoms with Crippen LogP contribution in [0.15, 0.2) is 65.0 Å². The van der Waals surface area contributed by atoms with E-state index < -0.39 is 0 Å². The van der Waals surface area contributed by atoms with Gasteiger partial charge in [0.2, 0.25) is 0 Å². The maximum atomic E-state index is 5.49. The molecule has 0 aliphatic heterocycles. The summed E-state index contributed by atoms with van der Waals surface area (Å²) in [5.74, 6) is 0.883. The highest BCUT2D eigenvalue weighted by atomic mass is 32.1. The standard InChI is InChI=1S/C20H22N2OS/c1-3-14-22-19(16-8-6-5-7-9-16)15-24-20(22)21-17-10-12-18(13-11-17)23-4-2/h5-13,15H,3-4,14H2,1-2H3. The van der Waals surface area contributed by atoms with E-state index in [1.54, 1.807) is 11.3 Å². The summed E-state index contributed by atoms with van der Waals surface area (Å²) >= 11 is 1.69. The van der Waals surface area contributed by atoms with Crippen molar-refractivity contribution in [2.75, 3.05) is 6.61 Å². The molecule has 4 heteroatoms. The lowest BCUT2D eigenvalue weighted by Gasteiger charge is -2.07. The molecular weight excluding hydrogens is 316 g/mol. The van der Waals surface area contributed by atoms with Gasteiger partial charge >= 0.3 is 0 Å². The normalized spacial score (nSPS) is 11.7. The van der Waals surface area contributed by atoms with Gasteiger partial charge in [0.1, 0.15) is 5.75 Å².